The van der Waals surface area contributed by atoms with E-state index >= 15 is 0 Å². The number of halogens is 5. The zero-order valence-electron chi connectivity index (χ0n) is 31.8. The lowest BCUT2D eigenvalue weighted by Gasteiger charge is -2.22. The summed E-state index contributed by atoms with van der Waals surface area (Å²) in [6.07, 6.45) is -3.64. The number of hydrogen-bond donors (Lipinski definition) is 8. The van der Waals surface area contributed by atoms with Gasteiger partial charge in [-0.2, -0.15) is 23.1 Å². The molecular weight excluding hydrogens is 820 g/mol. The van der Waals surface area contributed by atoms with Crippen LogP contribution in [0, 0.1) is 0 Å². The van der Waals surface area contributed by atoms with E-state index in [0.717, 1.165) is 30.6 Å². The van der Waals surface area contributed by atoms with Crippen molar-refractivity contribution < 1.29 is 42.9 Å². The van der Waals surface area contributed by atoms with Crippen molar-refractivity contribution in [2.45, 2.75) is 81.1 Å². The number of aliphatic hydroxyl groups excluding tert-OH is 2. The average molecular weight is 866 g/mol. The summed E-state index contributed by atoms with van der Waals surface area (Å²) >= 11 is 12.5. The third kappa shape index (κ3) is 10.8. The number of imidazole rings is 1. The van der Waals surface area contributed by atoms with Crippen LogP contribution >= 0.6 is 23.2 Å². The Balaban J connectivity index is 0.000000768. The van der Waals surface area contributed by atoms with Crippen molar-refractivity contribution in [3.8, 4) is 0 Å². The predicted octanol–water partition coefficient (Wildman–Crippen LogP) is 3.81. The number of urea groups is 1. The number of anilines is 2. The van der Waals surface area contributed by atoms with Gasteiger partial charge >= 0.3 is 18.2 Å². The molecule has 7 rings (SSSR count). The number of carboxylic acid groups (broad SMARTS) is 1. The van der Waals surface area contributed by atoms with Crippen molar-refractivity contribution in [2.24, 2.45) is 0 Å². The molecule has 59 heavy (non-hydrogen) atoms. The molecule has 4 heterocycles. The number of alkyl halides is 3. The molecule has 2 aromatic carbocycles. The van der Waals surface area contributed by atoms with Gasteiger partial charge in [0, 0.05) is 60.6 Å². The first-order valence-electron chi connectivity index (χ1n) is 19.1. The van der Waals surface area contributed by atoms with Crippen LogP contribution in [0.4, 0.5) is 29.7 Å². The second-order valence-electron chi connectivity index (χ2n) is 14.6. The van der Waals surface area contributed by atoms with Gasteiger partial charge in [0.05, 0.1) is 18.4 Å². The average Bonchev–Trinajstić information content (AvgIpc) is 4.02. The highest BCUT2D eigenvalue weighted by Gasteiger charge is 2.44. The van der Waals surface area contributed by atoms with Gasteiger partial charge in [-0.25, -0.2) is 14.6 Å². The van der Waals surface area contributed by atoms with E-state index < -0.39 is 36.4 Å². The minimum atomic E-state index is -5.08. The third-order valence-corrected chi connectivity index (χ3v) is 11.1. The van der Waals surface area contributed by atoms with Crippen molar-refractivity contribution in [1.82, 2.24) is 40.8 Å². The summed E-state index contributed by atoms with van der Waals surface area (Å²) in [5, 5.41) is 46.3. The van der Waals surface area contributed by atoms with Gasteiger partial charge < -0.3 is 51.4 Å². The molecule has 6 atom stereocenters. The lowest BCUT2D eigenvalue weighted by molar-refractivity contribution is -0.192. The summed E-state index contributed by atoms with van der Waals surface area (Å²) in [7, 11) is 0. The largest absolute Gasteiger partial charge is 0.490 e. The number of aliphatic hydroxyl groups is 2. The first kappa shape index (κ1) is 43.6. The van der Waals surface area contributed by atoms with E-state index in [1.54, 1.807) is 17.8 Å². The minimum absolute atomic E-state index is 0.103. The van der Waals surface area contributed by atoms with E-state index in [1.165, 1.54) is 0 Å². The Morgan fingerprint density at radius 1 is 0.932 bits per heavy atom. The molecule has 3 amide bonds. The van der Waals surface area contributed by atoms with Crippen molar-refractivity contribution in [3.63, 3.8) is 0 Å². The molecule has 16 nitrogen and oxygen atoms in total. The summed E-state index contributed by atoms with van der Waals surface area (Å²) in [5.74, 6) is -2.12. The van der Waals surface area contributed by atoms with E-state index in [1.807, 2.05) is 53.4 Å². The third-order valence-electron chi connectivity index (χ3n) is 10.5. The fourth-order valence-electron chi connectivity index (χ4n) is 7.42. The van der Waals surface area contributed by atoms with Crippen molar-refractivity contribution >= 4 is 64.0 Å². The van der Waals surface area contributed by atoms with Gasteiger partial charge in [-0.1, -0.05) is 54.4 Å². The first-order valence-corrected chi connectivity index (χ1v) is 19.8. The maximum atomic E-state index is 12.8. The van der Waals surface area contributed by atoms with Crippen LogP contribution in [0.5, 0.6) is 0 Å². The number of nitrogens with zero attached hydrogens (tertiary/aromatic N) is 5. The molecule has 1 aliphatic carbocycles. The second-order valence-corrected chi connectivity index (χ2v) is 15.5. The van der Waals surface area contributed by atoms with Gasteiger partial charge in [-0.15, -0.1) is 0 Å². The van der Waals surface area contributed by atoms with Crippen LogP contribution in [0.3, 0.4) is 0 Å². The number of benzene rings is 2. The van der Waals surface area contributed by atoms with Crippen molar-refractivity contribution in [2.75, 3.05) is 42.9 Å². The normalized spacial score (nSPS) is 22.9. The lowest BCUT2D eigenvalue weighted by atomic mass is 9.91. The fourth-order valence-corrected chi connectivity index (χ4v) is 7.67. The SMILES string of the molecule is CCC(=O)N[C@H]1C[C@@H](n2cnc3c(NCC(c4ccc(Cl)cc4)c4ccc(Cl)cc4)nc(N4CC[C@@H](NC(=O)N[C@@H]5CCNC5)C4)nc32)[C@H](O)[C@@H]1O.O=C(O)C(F)(F)F. The molecule has 8 N–H and O–H groups in total. The molecule has 318 valence electrons. The molecule has 3 fully saturated rings. The van der Waals surface area contributed by atoms with Crippen LogP contribution in [-0.4, -0.2) is 122 Å². The van der Waals surface area contributed by atoms with E-state index in [-0.39, 0.29) is 42.8 Å². The van der Waals surface area contributed by atoms with Gasteiger partial charge in [0.25, 0.3) is 0 Å². The molecule has 0 bridgehead atoms. The Bertz CT molecular complexity index is 2040. The Morgan fingerprint density at radius 3 is 2.14 bits per heavy atom. The summed E-state index contributed by atoms with van der Waals surface area (Å²) < 4.78 is 33.5. The summed E-state index contributed by atoms with van der Waals surface area (Å²) in [6.45, 7) is 4.95. The van der Waals surface area contributed by atoms with Crippen LogP contribution in [0.2, 0.25) is 10.0 Å². The monoisotopic (exact) mass is 864 g/mol. The Kier molecular flexibility index (Phi) is 14.0. The van der Waals surface area contributed by atoms with Crippen LogP contribution in [0.1, 0.15) is 55.7 Å². The van der Waals surface area contributed by atoms with E-state index in [9.17, 15) is 33.0 Å². The predicted molar refractivity (Wildman–Crippen MR) is 214 cm³/mol. The quantitative estimate of drug-likeness (QED) is 0.108. The fraction of sp³-hybridized carbons (Fsp3) is 0.474. The second kappa shape index (κ2) is 19.0. The molecule has 1 saturated carbocycles. The van der Waals surface area contributed by atoms with Crippen LogP contribution in [0.25, 0.3) is 11.2 Å². The maximum Gasteiger partial charge on any atom is 0.490 e. The van der Waals surface area contributed by atoms with Crippen molar-refractivity contribution in [1.29, 1.82) is 0 Å². The highest BCUT2D eigenvalue weighted by molar-refractivity contribution is 6.30. The number of carbonyl (C=O) groups excluding carboxylic acids is 2. The molecule has 0 spiro atoms. The Labute approximate surface area is 346 Å². The molecule has 2 aromatic heterocycles. The highest BCUT2D eigenvalue weighted by Crippen LogP contribution is 2.36. The molecule has 21 heteroatoms. The molecule has 2 aliphatic heterocycles. The number of fused-ring (bicyclic) bond motifs is 1. The summed E-state index contributed by atoms with van der Waals surface area (Å²) in [5.41, 5.74) is 3.05. The number of carbonyl (C=O) groups is 3. The van der Waals surface area contributed by atoms with Gasteiger partial charge in [-0.05, 0) is 61.2 Å². The smallest absolute Gasteiger partial charge is 0.475 e. The Hall–Kier alpha value is -4.95. The van der Waals surface area contributed by atoms with E-state index in [2.05, 4.69) is 26.6 Å². The van der Waals surface area contributed by atoms with Crippen LogP contribution in [0.15, 0.2) is 54.9 Å². The molecule has 3 aliphatic rings. The number of aliphatic carboxylic acids is 1. The lowest BCUT2D eigenvalue weighted by Crippen LogP contribution is -2.47. The van der Waals surface area contributed by atoms with Gasteiger partial charge in [0.15, 0.2) is 17.0 Å². The number of nitrogens with one attached hydrogen (secondary N) is 5. The number of aromatic nitrogens is 4. The summed E-state index contributed by atoms with van der Waals surface area (Å²) in [4.78, 5) is 50.6. The van der Waals surface area contributed by atoms with Gasteiger partial charge in [-0.3, -0.25) is 4.79 Å². The van der Waals surface area contributed by atoms with E-state index in [4.69, 9.17) is 48.1 Å². The van der Waals surface area contributed by atoms with E-state index in [0.29, 0.717) is 59.0 Å². The molecule has 4 aromatic rings. The Morgan fingerprint density at radius 2 is 1.56 bits per heavy atom. The zero-order valence-corrected chi connectivity index (χ0v) is 33.3. The topological polar surface area (TPSA) is 219 Å². The molecule has 0 radical (unpaired) electrons. The zero-order chi connectivity index (χ0) is 42.4. The first-order chi connectivity index (χ1) is 28.1. The van der Waals surface area contributed by atoms with Crippen LogP contribution < -0.4 is 31.5 Å². The maximum absolute atomic E-state index is 12.8. The van der Waals surface area contributed by atoms with Gasteiger partial charge in [0.2, 0.25) is 11.9 Å². The molecule has 0 unspecified atom stereocenters. The standard InChI is InChI=1S/C36H44Cl2N10O4.C2HF3O2/c1-2-29(49)44-27-15-28(32(51)31(27)50)48-19-41-30-33(40-17-26(20-3-7-22(37)8-4-20)21-5-9-23(38)10-6-21)45-35(46-34(30)48)47-14-12-25(18-47)43-36(52)42-24-11-13-39-16-24;3-2(4,5)1(6)7/h3-10,19,24-28,31-32,39,50-51H,2,11-18H2,1H3,(H,44,49)(H,40,45,46)(H2,42,43,52);(H,6,7)/t24-,25-,27+,28-,31-,32+;/m1./s1. The molecule has 2 saturated heterocycles. The number of rotatable bonds is 11. The van der Waals surface area contributed by atoms with Crippen molar-refractivity contribution in [3.05, 3.63) is 76.0 Å². The molecular formula is C38H45Cl2F3N10O6. The van der Waals surface area contributed by atoms with Crippen LogP contribution in [-0.2, 0) is 9.59 Å². The minimum Gasteiger partial charge on any atom is -0.475 e. The summed E-state index contributed by atoms with van der Waals surface area (Å²) in [6, 6.07) is 14.0. The number of carboxylic acids is 1. The highest BCUT2D eigenvalue weighted by atomic mass is 35.5. The number of hydrogen-bond acceptors (Lipinski definition) is 11. The number of amides is 3. The van der Waals surface area contributed by atoms with Gasteiger partial charge in [0.1, 0.15) is 12.2 Å².